The molecular weight excluding hydrogens is 292 g/mol. The number of rotatable bonds is 3. The Kier molecular flexibility index (Phi) is 3.66. The van der Waals surface area contributed by atoms with Crippen LogP contribution in [-0.4, -0.2) is 24.6 Å². The molecule has 1 aliphatic rings. The van der Waals surface area contributed by atoms with Gasteiger partial charge in [0, 0.05) is 22.8 Å². The molecule has 0 radical (unpaired) electrons. The Morgan fingerprint density at radius 2 is 2.33 bits per heavy atom. The SMILES string of the molecule is COc1ccncc1NC(=O)C1COc2ccc(Cl)cc21. The molecule has 0 fully saturated rings. The van der Waals surface area contributed by atoms with Crippen molar-refractivity contribution in [3.8, 4) is 11.5 Å². The zero-order chi connectivity index (χ0) is 14.8. The van der Waals surface area contributed by atoms with Crippen molar-refractivity contribution in [2.24, 2.45) is 0 Å². The largest absolute Gasteiger partial charge is 0.494 e. The Bertz CT molecular complexity index is 690. The van der Waals surface area contributed by atoms with Crippen LogP contribution in [0.4, 0.5) is 5.69 Å². The molecule has 1 N–H and O–H groups in total. The summed E-state index contributed by atoms with van der Waals surface area (Å²) in [7, 11) is 1.54. The first kappa shape index (κ1) is 13.7. The fraction of sp³-hybridized carbons (Fsp3) is 0.200. The molecule has 1 aliphatic heterocycles. The monoisotopic (exact) mass is 304 g/mol. The molecular formula is C15H13ClN2O3. The number of hydrogen-bond donors (Lipinski definition) is 1. The van der Waals surface area contributed by atoms with Gasteiger partial charge < -0.3 is 14.8 Å². The molecule has 0 aliphatic carbocycles. The Morgan fingerprint density at radius 1 is 1.48 bits per heavy atom. The maximum Gasteiger partial charge on any atom is 0.235 e. The van der Waals surface area contributed by atoms with Crippen molar-refractivity contribution in [1.29, 1.82) is 0 Å². The number of carbonyl (C=O) groups excluding carboxylic acids is 1. The van der Waals surface area contributed by atoms with Crippen molar-refractivity contribution in [1.82, 2.24) is 4.98 Å². The quantitative estimate of drug-likeness (QED) is 0.947. The number of benzene rings is 1. The molecule has 2 heterocycles. The maximum absolute atomic E-state index is 12.4. The van der Waals surface area contributed by atoms with Crippen LogP contribution in [0.1, 0.15) is 11.5 Å². The number of amides is 1. The van der Waals surface area contributed by atoms with E-state index in [2.05, 4.69) is 10.3 Å². The van der Waals surface area contributed by atoms with E-state index in [-0.39, 0.29) is 5.91 Å². The minimum absolute atomic E-state index is 0.178. The van der Waals surface area contributed by atoms with Crippen LogP contribution in [0.3, 0.4) is 0 Å². The number of nitrogens with one attached hydrogen (secondary N) is 1. The zero-order valence-corrected chi connectivity index (χ0v) is 12.1. The van der Waals surface area contributed by atoms with E-state index in [1.807, 2.05) is 0 Å². The second-order valence-corrected chi connectivity index (χ2v) is 5.05. The van der Waals surface area contributed by atoms with Gasteiger partial charge in [0.1, 0.15) is 29.7 Å². The molecule has 1 aromatic heterocycles. The molecule has 0 spiro atoms. The Hall–Kier alpha value is -2.27. The smallest absolute Gasteiger partial charge is 0.235 e. The summed E-state index contributed by atoms with van der Waals surface area (Å²) in [5, 5.41) is 3.39. The van der Waals surface area contributed by atoms with Gasteiger partial charge in [0.15, 0.2) is 0 Å². The fourth-order valence-corrected chi connectivity index (χ4v) is 2.46. The molecule has 0 saturated heterocycles. The van der Waals surface area contributed by atoms with Crippen molar-refractivity contribution in [3.05, 3.63) is 47.2 Å². The predicted molar refractivity (Wildman–Crippen MR) is 79.1 cm³/mol. The van der Waals surface area contributed by atoms with Gasteiger partial charge in [-0.05, 0) is 18.2 Å². The molecule has 6 heteroatoms. The highest BCUT2D eigenvalue weighted by molar-refractivity contribution is 6.30. The van der Waals surface area contributed by atoms with Crippen LogP contribution >= 0.6 is 11.6 Å². The van der Waals surface area contributed by atoms with E-state index in [0.717, 1.165) is 5.56 Å². The molecule has 1 unspecified atom stereocenters. The third kappa shape index (κ3) is 2.64. The summed E-state index contributed by atoms with van der Waals surface area (Å²) in [5.74, 6) is 0.673. The number of carbonyl (C=O) groups is 1. The molecule has 1 atom stereocenters. The van der Waals surface area contributed by atoms with Crippen LogP contribution in [0.5, 0.6) is 11.5 Å². The van der Waals surface area contributed by atoms with Gasteiger partial charge >= 0.3 is 0 Å². The second kappa shape index (κ2) is 5.61. The van der Waals surface area contributed by atoms with E-state index in [1.54, 1.807) is 43.8 Å². The number of ether oxygens (including phenoxy) is 2. The first-order valence-corrected chi connectivity index (χ1v) is 6.78. The molecule has 108 valence electrons. The zero-order valence-electron chi connectivity index (χ0n) is 11.3. The highest BCUT2D eigenvalue weighted by Gasteiger charge is 2.31. The Balaban J connectivity index is 1.83. The number of fused-ring (bicyclic) bond motifs is 1. The lowest BCUT2D eigenvalue weighted by atomic mass is 10.0. The summed E-state index contributed by atoms with van der Waals surface area (Å²) in [6, 6.07) is 6.96. The van der Waals surface area contributed by atoms with E-state index < -0.39 is 5.92 Å². The van der Waals surface area contributed by atoms with Crippen LogP contribution in [0, 0.1) is 0 Å². The molecule has 5 nitrogen and oxygen atoms in total. The first-order valence-electron chi connectivity index (χ1n) is 6.40. The minimum Gasteiger partial charge on any atom is -0.494 e. The molecule has 1 aromatic carbocycles. The number of aromatic nitrogens is 1. The number of hydrogen-bond acceptors (Lipinski definition) is 4. The fourth-order valence-electron chi connectivity index (χ4n) is 2.28. The summed E-state index contributed by atoms with van der Waals surface area (Å²) in [4.78, 5) is 16.4. The lowest BCUT2D eigenvalue weighted by molar-refractivity contribution is -0.117. The van der Waals surface area contributed by atoms with E-state index in [1.165, 1.54) is 0 Å². The van der Waals surface area contributed by atoms with Crippen molar-refractivity contribution < 1.29 is 14.3 Å². The third-order valence-corrected chi connectivity index (χ3v) is 3.56. The number of methoxy groups -OCH3 is 1. The average molecular weight is 305 g/mol. The lowest BCUT2D eigenvalue weighted by Gasteiger charge is -2.12. The van der Waals surface area contributed by atoms with Crippen LogP contribution in [0.2, 0.25) is 5.02 Å². The van der Waals surface area contributed by atoms with Crippen LogP contribution in [-0.2, 0) is 4.79 Å². The van der Waals surface area contributed by atoms with Gasteiger partial charge in [0.25, 0.3) is 0 Å². The van der Waals surface area contributed by atoms with Crippen LogP contribution < -0.4 is 14.8 Å². The minimum atomic E-state index is -0.399. The lowest BCUT2D eigenvalue weighted by Crippen LogP contribution is -2.22. The molecule has 2 aromatic rings. The van der Waals surface area contributed by atoms with Crippen LogP contribution in [0.15, 0.2) is 36.7 Å². The second-order valence-electron chi connectivity index (χ2n) is 4.61. The summed E-state index contributed by atoms with van der Waals surface area (Å²) in [6.45, 7) is 0.296. The van der Waals surface area contributed by atoms with Gasteiger partial charge in [-0.25, -0.2) is 0 Å². The number of halogens is 1. The summed E-state index contributed by atoms with van der Waals surface area (Å²) in [5.41, 5.74) is 1.32. The molecule has 0 bridgehead atoms. The standard InChI is InChI=1S/C15H13ClN2O3/c1-20-14-4-5-17-7-12(14)18-15(19)11-8-21-13-3-2-9(16)6-10(11)13/h2-7,11H,8H2,1H3,(H,18,19). The molecule has 3 rings (SSSR count). The third-order valence-electron chi connectivity index (χ3n) is 3.33. The summed E-state index contributed by atoms with van der Waals surface area (Å²) < 4.78 is 10.7. The van der Waals surface area contributed by atoms with E-state index in [9.17, 15) is 4.79 Å². The number of anilines is 1. The number of nitrogens with zero attached hydrogens (tertiary/aromatic N) is 1. The van der Waals surface area contributed by atoms with Gasteiger partial charge in [-0.15, -0.1) is 0 Å². The van der Waals surface area contributed by atoms with Gasteiger partial charge in [-0.3, -0.25) is 9.78 Å². The predicted octanol–water partition coefficient (Wildman–Crippen LogP) is 2.86. The van der Waals surface area contributed by atoms with Crippen molar-refractivity contribution in [2.45, 2.75) is 5.92 Å². The van der Waals surface area contributed by atoms with Gasteiger partial charge in [-0.1, -0.05) is 11.6 Å². The van der Waals surface area contributed by atoms with E-state index >= 15 is 0 Å². The van der Waals surface area contributed by atoms with Crippen molar-refractivity contribution in [2.75, 3.05) is 19.0 Å². The molecule has 21 heavy (non-hydrogen) atoms. The summed E-state index contributed by atoms with van der Waals surface area (Å²) in [6.07, 6.45) is 3.15. The van der Waals surface area contributed by atoms with Crippen molar-refractivity contribution in [3.63, 3.8) is 0 Å². The highest BCUT2D eigenvalue weighted by atomic mass is 35.5. The first-order chi connectivity index (χ1) is 10.2. The average Bonchev–Trinajstić information content (AvgIpc) is 2.90. The highest BCUT2D eigenvalue weighted by Crippen LogP contribution is 2.36. The van der Waals surface area contributed by atoms with E-state index in [0.29, 0.717) is 28.8 Å². The molecule has 1 amide bonds. The maximum atomic E-state index is 12.4. The van der Waals surface area contributed by atoms with Gasteiger partial charge in [0.05, 0.1) is 13.3 Å². The Labute approximate surface area is 126 Å². The van der Waals surface area contributed by atoms with Crippen LogP contribution in [0.25, 0.3) is 0 Å². The number of pyridine rings is 1. The van der Waals surface area contributed by atoms with Gasteiger partial charge in [-0.2, -0.15) is 0 Å². The van der Waals surface area contributed by atoms with E-state index in [4.69, 9.17) is 21.1 Å². The topological polar surface area (TPSA) is 60.5 Å². The summed E-state index contributed by atoms with van der Waals surface area (Å²) >= 11 is 5.98. The van der Waals surface area contributed by atoms with Gasteiger partial charge in [0.2, 0.25) is 5.91 Å². The Morgan fingerprint density at radius 3 is 3.14 bits per heavy atom. The normalized spacial score (nSPS) is 16.0. The van der Waals surface area contributed by atoms with Crippen molar-refractivity contribution >= 4 is 23.2 Å². The molecule has 0 saturated carbocycles.